The smallest absolute Gasteiger partial charge is 0.334 e. The molecule has 0 aliphatic heterocycles. The highest BCUT2D eigenvalue weighted by Gasteiger charge is 2.12. The van der Waals surface area contributed by atoms with Gasteiger partial charge in [-0.3, -0.25) is 0 Å². The second-order valence-electron chi connectivity index (χ2n) is 4.01. The lowest BCUT2D eigenvalue weighted by Gasteiger charge is -2.06. The summed E-state index contributed by atoms with van der Waals surface area (Å²) < 4.78 is 9.91. The molecular weight excluding hydrogens is 232 g/mol. The Bertz CT molecular complexity index is 282. The van der Waals surface area contributed by atoms with E-state index in [-0.39, 0.29) is 0 Å². The number of carbonyl (C=O) groups excluding carboxylic acids is 2. The molecule has 0 atom stereocenters. The molecule has 0 saturated carbocycles. The number of hydrogen-bond acceptors (Lipinski definition) is 4. The molecule has 0 radical (unpaired) electrons. The maximum atomic E-state index is 11.6. The number of ether oxygens (including phenoxy) is 2. The third kappa shape index (κ3) is 7.87. The first-order chi connectivity index (χ1) is 8.65. The highest BCUT2D eigenvalue weighted by molar-refractivity contribution is 5.96. The van der Waals surface area contributed by atoms with Crippen LogP contribution in [-0.4, -0.2) is 25.2 Å². The van der Waals surface area contributed by atoms with Gasteiger partial charge in [-0.1, -0.05) is 26.7 Å². The van der Waals surface area contributed by atoms with E-state index in [4.69, 9.17) is 9.47 Å². The molecule has 0 aliphatic rings. The summed E-state index contributed by atoms with van der Waals surface area (Å²) in [6.07, 6.45) is 5.44. The molecule has 0 bridgehead atoms. The largest absolute Gasteiger partial charge is 0.463 e. The number of rotatable bonds is 9. The highest BCUT2D eigenvalue weighted by Crippen LogP contribution is 2.10. The van der Waals surface area contributed by atoms with Crippen LogP contribution in [-0.2, 0) is 19.1 Å². The van der Waals surface area contributed by atoms with Crippen LogP contribution in [0.3, 0.4) is 0 Å². The summed E-state index contributed by atoms with van der Waals surface area (Å²) in [7, 11) is 0. The van der Waals surface area contributed by atoms with Crippen molar-refractivity contribution in [3.05, 3.63) is 11.6 Å². The van der Waals surface area contributed by atoms with Gasteiger partial charge in [0.25, 0.3) is 0 Å². The molecular formula is C14H24O4. The molecule has 0 aromatic heterocycles. The van der Waals surface area contributed by atoms with E-state index >= 15 is 0 Å². The lowest BCUT2D eigenvalue weighted by molar-refractivity contribution is -0.141. The summed E-state index contributed by atoms with van der Waals surface area (Å²) in [6, 6.07) is 0. The monoisotopic (exact) mass is 256 g/mol. The van der Waals surface area contributed by atoms with Crippen molar-refractivity contribution in [2.75, 3.05) is 13.2 Å². The topological polar surface area (TPSA) is 52.6 Å². The summed E-state index contributed by atoms with van der Waals surface area (Å²) in [5.41, 5.74) is 0.403. The Morgan fingerprint density at radius 2 is 1.67 bits per heavy atom. The number of esters is 2. The van der Waals surface area contributed by atoms with Crippen molar-refractivity contribution in [1.29, 1.82) is 0 Å². The molecule has 104 valence electrons. The van der Waals surface area contributed by atoms with Crippen molar-refractivity contribution in [3.8, 4) is 0 Å². The minimum atomic E-state index is -0.456. The Morgan fingerprint density at radius 3 is 2.22 bits per heavy atom. The zero-order chi connectivity index (χ0) is 13.8. The first-order valence-electron chi connectivity index (χ1n) is 6.70. The van der Waals surface area contributed by atoms with Gasteiger partial charge >= 0.3 is 11.9 Å². The molecule has 0 heterocycles. The summed E-state index contributed by atoms with van der Waals surface area (Å²) in [5, 5.41) is 0. The normalized spacial score (nSPS) is 11.2. The van der Waals surface area contributed by atoms with E-state index in [1.54, 1.807) is 6.92 Å². The molecule has 4 nitrogen and oxygen atoms in total. The Labute approximate surface area is 109 Å². The third-order valence-corrected chi connectivity index (χ3v) is 2.37. The number of unbranched alkanes of at least 4 members (excludes halogenated alkanes) is 2. The Hall–Kier alpha value is -1.32. The van der Waals surface area contributed by atoms with E-state index in [1.165, 1.54) is 6.08 Å². The van der Waals surface area contributed by atoms with Crippen LogP contribution in [0.4, 0.5) is 0 Å². The average molecular weight is 256 g/mol. The Kier molecular flexibility index (Phi) is 10.0. The molecule has 0 spiro atoms. The van der Waals surface area contributed by atoms with Crippen molar-refractivity contribution in [2.45, 2.75) is 52.9 Å². The molecule has 0 N–H and O–H groups in total. The molecule has 0 amide bonds. The molecule has 18 heavy (non-hydrogen) atoms. The van der Waals surface area contributed by atoms with E-state index < -0.39 is 11.9 Å². The van der Waals surface area contributed by atoms with Gasteiger partial charge in [-0.25, -0.2) is 9.59 Å². The minimum absolute atomic E-state index is 0.313. The molecule has 0 aromatic rings. The number of hydrogen-bond donors (Lipinski definition) is 0. The Balaban J connectivity index is 4.41. The average Bonchev–Trinajstić information content (AvgIpc) is 2.35. The lowest BCUT2D eigenvalue weighted by Crippen LogP contribution is -2.11. The van der Waals surface area contributed by atoms with Crippen LogP contribution < -0.4 is 0 Å². The van der Waals surface area contributed by atoms with Crippen molar-refractivity contribution >= 4 is 11.9 Å². The maximum Gasteiger partial charge on any atom is 0.334 e. The minimum Gasteiger partial charge on any atom is -0.463 e. The van der Waals surface area contributed by atoms with E-state index in [2.05, 4.69) is 0 Å². The SMILES string of the molecule is CCCCOC(=O)/C=C(/CCCC)C(=O)OCC. The lowest BCUT2D eigenvalue weighted by atomic mass is 10.1. The van der Waals surface area contributed by atoms with E-state index in [0.717, 1.165) is 25.7 Å². The molecule has 0 fully saturated rings. The summed E-state index contributed by atoms with van der Waals surface area (Å²) in [6.45, 7) is 6.51. The standard InChI is InChI=1S/C14H24O4/c1-4-7-9-12(14(16)17-6-3)11-13(15)18-10-8-5-2/h11H,4-10H2,1-3H3/b12-11-. The first kappa shape index (κ1) is 16.7. The van der Waals surface area contributed by atoms with Crippen molar-refractivity contribution in [2.24, 2.45) is 0 Å². The third-order valence-electron chi connectivity index (χ3n) is 2.37. The molecule has 4 heteroatoms. The van der Waals surface area contributed by atoms with Crippen LogP contribution >= 0.6 is 0 Å². The zero-order valence-corrected chi connectivity index (χ0v) is 11.7. The van der Waals surface area contributed by atoms with Gasteiger partial charge in [-0.05, 0) is 26.2 Å². The predicted molar refractivity (Wildman–Crippen MR) is 70.1 cm³/mol. The molecule has 0 saturated heterocycles. The zero-order valence-electron chi connectivity index (χ0n) is 11.7. The first-order valence-corrected chi connectivity index (χ1v) is 6.70. The van der Waals surface area contributed by atoms with Crippen molar-refractivity contribution in [3.63, 3.8) is 0 Å². The van der Waals surface area contributed by atoms with Crippen LogP contribution in [0.1, 0.15) is 52.9 Å². The summed E-state index contributed by atoms with van der Waals surface area (Å²) >= 11 is 0. The summed E-state index contributed by atoms with van der Waals surface area (Å²) in [5.74, 6) is -0.874. The second kappa shape index (κ2) is 10.8. The van der Waals surface area contributed by atoms with E-state index in [9.17, 15) is 9.59 Å². The van der Waals surface area contributed by atoms with Gasteiger partial charge < -0.3 is 9.47 Å². The molecule has 0 unspecified atom stereocenters. The molecule has 0 rings (SSSR count). The summed E-state index contributed by atoms with van der Waals surface area (Å²) in [4.78, 5) is 23.1. The second-order valence-corrected chi connectivity index (χ2v) is 4.01. The quantitative estimate of drug-likeness (QED) is 0.361. The van der Waals surface area contributed by atoms with Crippen LogP contribution in [0, 0.1) is 0 Å². The molecule has 0 aliphatic carbocycles. The van der Waals surface area contributed by atoms with Gasteiger partial charge in [-0.15, -0.1) is 0 Å². The Morgan fingerprint density at radius 1 is 1.00 bits per heavy atom. The van der Waals surface area contributed by atoms with Crippen LogP contribution in [0.15, 0.2) is 11.6 Å². The fourth-order valence-corrected chi connectivity index (χ4v) is 1.33. The van der Waals surface area contributed by atoms with Crippen LogP contribution in [0.5, 0.6) is 0 Å². The fourth-order valence-electron chi connectivity index (χ4n) is 1.33. The van der Waals surface area contributed by atoms with Crippen LogP contribution in [0.25, 0.3) is 0 Å². The van der Waals surface area contributed by atoms with Gasteiger partial charge in [-0.2, -0.15) is 0 Å². The van der Waals surface area contributed by atoms with Gasteiger partial charge in [0.1, 0.15) is 0 Å². The molecule has 0 aromatic carbocycles. The van der Waals surface area contributed by atoms with E-state index in [1.807, 2.05) is 13.8 Å². The van der Waals surface area contributed by atoms with E-state index in [0.29, 0.717) is 25.2 Å². The van der Waals surface area contributed by atoms with Crippen molar-refractivity contribution < 1.29 is 19.1 Å². The fraction of sp³-hybridized carbons (Fsp3) is 0.714. The maximum absolute atomic E-state index is 11.6. The van der Waals surface area contributed by atoms with Gasteiger partial charge in [0.15, 0.2) is 0 Å². The highest BCUT2D eigenvalue weighted by atomic mass is 16.5. The van der Waals surface area contributed by atoms with Crippen LogP contribution in [0.2, 0.25) is 0 Å². The number of carbonyl (C=O) groups is 2. The van der Waals surface area contributed by atoms with Crippen molar-refractivity contribution in [1.82, 2.24) is 0 Å². The predicted octanol–water partition coefficient (Wildman–Crippen LogP) is 3.01. The van der Waals surface area contributed by atoms with Gasteiger partial charge in [0.2, 0.25) is 0 Å². The van der Waals surface area contributed by atoms with Gasteiger partial charge in [0.05, 0.1) is 13.2 Å². The van der Waals surface area contributed by atoms with Gasteiger partial charge in [0, 0.05) is 11.6 Å².